The number of fused-ring (bicyclic) bond motifs is 3. The van der Waals surface area contributed by atoms with Gasteiger partial charge in [-0.1, -0.05) is 48.5 Å². The first kappa shape index (κ1) is 21.8. The van der Waals surface area contributed by atoms with Gasteiger partial charge in [0.1, 0.15) is 0 Å². The monoisotopic (exact) mass is 495 g/mol. The van der Waals surface area contributed by atoms with Crippen LogP contribution in [0.2, 0.25) is 0 Å². The fourth-order valence-corrected chi connectivity index (χ4v) is 4.77. The predicted octanol–water partition coefficient (Wildman–Crippen LogP) is 5.89. The molecule has 1 aliphatic heterocycles. The number of anilines is 2. The van der Waals surface area contributed by atoms with Crippen LogP contribution in [0.5, 0.6) is 0 Å². The Morgan fingerprint density at radius 3 is 1.79 bits per heavy atom. The lowest BCUT2D eigenvalue weighted by molar-refractivity contribution is 0.249. The van der Waals surface area contributed by atoms with E-state index in [1.54, 1.807) is 36.7 Å². The van der Waals surface area contributed by atoms with Crippen LogP contribution in [-0.4, -0.2) is 26.4 Å². The normalized spacial score (nSPS) is 13.6. The van der Waals surface area contributed by atoms with Gasteiger partial charge in [-0.25, -0.2) is 14.8 Å². The van der Waals surface area contributed by atoms with Gasteiger partial charge in [-0.3, -0.25) is 5.43 Å². The van der Waals surface area contributed by atoms with E-state index in [2.05, 4.69) is 85.7 Å². The zero-order valence-electron chi connectivity index (χ0n) is 20.1. The Morgan fingerprint density at radius 2 is 1.18 bits per heavy atom. The Morgan fingerprint density at radius 1 is 0.605 bits per heavy atom. The summed E-state index contributed by atoms with van der Waals surface area (Å²) in [7, 11) is 0. The van der Waals surface area contributed by atoms with Crippen LogP contribution >= 0.6 is 0 Å². The van der Waals surface area contributed by atoms with Crippen LogP contribution in [0.25, 0.3) is 27.5 Å². The molecule has 0 fully saturated rings. The van der Waals surface area contributed by atoms with Crippen molar-refractivity contribution in [1.82, 2.24) is 20.0 Å². The molecule has 8 heteroatoms. The summed E-state index contributed by atoms with van der Waals surface area (Å²) in [5, 5.41) is 9.69. The predicted molar refractivity (Wildman–Crippen MR) is 149 cm³/mol. The highest BCUT2D eigenvalue weighted by Crippen LogP contribution is 2.32. The SMILES string of the molecule is O=C1N(c2ccccn2)N=C(c2ccc(-n3c4ccccc4c4ccccc43)cc2)NN1c1ccccn1. The Kier molecular flexibility index (Phi) is 5.07. The maximum Gasteiger partial charge on any atom is 0.371 e. The molecule has 38 heavy (non-hydrogen) atoms. The third-order valence-electron chi connectivity index (χ3n) is 6.51. The lowest BCUT2D eigenvalue weighted by Crippen LogP contribution is -2.57. The minimum absolute atomic E-state index is 0.409. The van der Waals surface area contributed by atoms with Crippen molar-refractivity contribution in [3.8, 4) is 5.69 Å². The molecule has 0 saturated carbocycles. The molecule has 3 aromatic carbocycles. The van der Waals surface area contributed by atoms with E-state index >= 15 is 0 Å². The number of nitrogens with one attached hydrogen (secondary N) is 1. The molecule has 8 nitrogen and oxygen atoms in total. The molecule has 1 aliphatic rings. The maximum atomic E-state index is 13.4. The molecule has 0 spiro atoms. The van der Waals surface area contributed by atoms with Crippen LogP contribution in [0.3, 0.4) is 0 Å². The Balaban J connectivity index is 1.32. The van der Waals surface area contributed by atoms with Gasteiger partial charge in [-0.05, 0) is 60.7 Å². The van der Waals surface area contributed by atoms with Gasteiger partial charge in [0.2, 0.25) is 0 Å². The quantitative estimate of drug-likeness (QED) is 0.331. The third kappa shape index (κ3) is 3.55. The van der Waals surface area contributed by atoms with Crippen molar-refractivity contribution in [2.75, 3.05) is 10.0 Å². The minimum atomic E-state index is -0.409. The molecule has 0 radical (unpaired) electrons. The summed E-state index contributed by atoms with van der Waals surface area (Å²) < 4.78 is 2.26. The van der Waals surface area contributed by atoms with Crippen molar-refractivity contribution in [3.63, 3.8) is 0 Å². The van der Waals surface area contributed by atoms with E-state index in [0.717, 1.165) is 22.3 Å². The fraction of sp³-hybridized carbons (Fsp3) is 0. The van der Waals surface area contributed by atoms with Crippen molar-refractivity contribution in [2.24, 2.45) is 5.10 Å². The lowest BCUT2D eigenvalue weighted by Gasteiger charge is -2.32. The standard InChI is InChI=1S/C30H21N7O/c38-30-36(27-13-5-7-19-31-27)33-29(34-37(30)28-14-6-8-20-32-28)21-15-17-22(18-16-21)35-25-11-3-1-9-23(25)24-10-2-4-12-26(24)35/h1-20H,(H,33,34). The zero-order chi connectivity index (χ0) is 25.5. The third-order valence-corrected chi connectivity index (χ3v) is 6.51. The average Bonchev–Trinajstić information content (AvgIpc) is 3.33. The second kappa shape index (κ2) is 8.86. The number of amidine groups is 1. The van der Waals surface area contributed by atoms with Gasteiger partial charge in [0, 0.05) is 34.4 Å². The van der Waals surface area contributed by atoms with Crippen LogP contribution in [0, 0.1) is 0 Å². The van der Waals surface area contributed by atoms with Gasteiger partial charge in [0.25, 0.3) is 0 Å². The molecule has 7 rings (SSSR count). The minimum Gasteiger partial charge on any atom is -0.309 e. The molecule has 0 bridgehead atoms. The zero-order valence-corrected chi connectivity index (χ0v) is 20.1. The summed E-state index contributed by atoms with van der Waals surface area (Å²) in [6.45, 7) is 0. The molecule has 2 amide bonds. The topological polar surface area (TPSA) is 78.7 Å². The van der Waals surface area contributed by atoms with Gasteiger partial charge in [0.15, 0.2) is 17.5 Å². The number of carbonyl (C=O) groups is 1. The number of amides is 2. The number of hydrogen-bond acceptors (Lipinski definition) is 5. The van der Waals surface area contributed by atoms with Gasteiger partial charge in [-0.2, -0.15) is 10.0 Å². The molecular formula is C30H21N7O. The van der Waals surface area contributed by atoms with Crippen LogP contribution in [0.1, 0.15) is 5.56 Å². The van der Waals surface area contributed by atoms with Crippen LogP contribution in [0.4, 0.5) is 16.4 Å². The highest BCUT2D eigenvalue weighted by Gasteiger charge is 2.32. The first-order chi connectivity index (χ1) is 18.8. The van der Waals surface area contributed by atoms with Crippen LogP contribution < -0.4 is 15.4 Å². The maximum absolute atomic E-state index is 13.4. The van der Waals surface area contributed by atoms with Crippen molar-refractivity contribution < 1.29 is 4.79 Å². The number of urea groups is 1. The lowest BCUT2D eigenvalue weighted by atomic mass is 10.2. The second-order valence-electron chi connectivity index (χ2n) is 8.78. The smallest absolute Gasteiger partial charge is 0.309 e. The number of carbonyl (C=O) groups excluding carboxylic acids is 1. The summed E-state index contributed by atoms with van der Waals surface area (Å²) >= 11 is 0. The molecule has 0 aliphatic carbocycles. The number of rotatable bonds is 4. The number of pyridine rings is 2. The highest BCUT2D eigenvalue weighted by molar-refractivity contribution is 6.13. The summed E-state index contributed by atoms with van der Waals surface area (Å²) in [4.78, 5) is 22.0. The molecule has 6 aromatic rings. The molecule has 4 heterocycles. The highest BCUT2D eigenvalue weighted by atomic mass is 16.2. The summed E-state index contributed by atoms with van der Waals surface area (Å²) in [5.41, 5.74) is 7.27. The number of para-hydroxylation sites is 2. The molecule has 1 N–H and O–H groups in total. The fourth-order valence-electron chi connectivity index (χ4n) is 4.77. The van der Waals surface area contributed by atoms with Gasteiger partial charge < -0.3 is 4.57 Å². The first-order valence-corrected chi connectivity index (χ1v) is 12.2. The number of benzene rings is 3. The second-order valence-corrected chi connectivity index (χ2v) is 8.78. The van der Waals surface area contributed by atoms with E-state index in [-0.39, 0.29) is 0 Å². The number of aromatic nitrogens is 3. The van der Waals surface area contributed by atoms with Crippen LogP contribution in [-0.2, 0) is 0 Å². The average molecular weight is 496 g/mol. The largest absolute Gasteiger partial charge is 0.371 e. The summed E-state index contributed by atoms with van der Waals surface area (Å²) in [6, 6.07) is 35.3. The Hall–Kier alpha value is -5.50. The van der Waals surface area contributed by atoms with E-state index in [4.69, 9.17) is 0 Å². The molecule has 0 unspecified atom stereocenters. The van der Waals surface area contributed by atoms with Crippen molar-refractivity contribution >= 4 is 45.3 Å². The molecule has 0 saturated heterocycles. The number of nitrogens with zero attached hydrogens (tertiary/aromatic N) is 6. The molecule has 3 aromatic heterocycles. The molecule has 182 valence electrons. The van der Waals surface area contributed by atoms with Crippen LogP contribution in [0.15, 0.2) is 127 Å². The first-order valence-electron chi connectivity index (χ1n) is 12.2. The van der Waals surface area contributed by atoms with E-state index < -0.39 is 6.03 Å². The van der Waals surface area contributed by atoms with E-state index in [1.807, 2.05) is 24.3 Å². The van der Waals surface area contributed by atoms with Crippen molar-refractivity contribution in [1.29, 1.82) is 0 Å². The number of hydrazone groups is 1. The van der Waals surface area contributed by atoms with Gasteiger partial charge in [-0.15, -0.1) is 5.10 Å². The van der Waals surface area contributed by atoms with Gasteiger partial charge >= 0.3 is 6.03 Å². The summed E-state index contributed by atoms with van der Waals surface area (Å²) in [5.74, 6) is 1.36. The Bertz CT molecular complexity index is 1760. The molecule has 0 atom stereocenters. The van der Waals surface area contributed by atoms with Crippen molar-refractivity contribution in [2.45, 2.75) is 0 Å². The van der Waals surface area contributed by atoms with Gasteiger partial charge in [0.05, 0.1) is 11.0 Å². The summed E-state index contributed by atoms with van der Waals surface area (Å²) in [6.07, 6.45) is 3.27. The molecular weight excluding hydrogens is 474 g/mol. The number of hydrazine groups is 1. The van der Waals surface area contributed by atoms with Crippen molar-refractivity contribution in [3.05, 3.63) is 127 Å². The van der Waals surface area contributed by atoms with E-state index in [0.29, 0.717) is 17.5 Å². The van der Waals surface area contributed by atoms with E-state index in [1.165, 1.54) is 20.8 Å². The number of hydrogen-bond donors (Lipinski definition) is 1. The Labute approximate surface area is 218 Å². The van der Waals surface area contributed by atoms with E-state index in [9.17, 15) is 4.79 Å².